The van der Waals surface area contributed by atoms with Gasteiger partial charge in [0, 0.05) is 36.3 Å². The van der Waals surface area contributed by atoms with Crippen LogP contribution in [0, 0.1) is 6.92 Å². The summed E-state index contributed by atoms with van der Waals surface area (Å²) in [5.41, 5.74) is 1.91. The van der Waals surface area contributed by atoms with E-state index >= 15 is 0 Å². The highest BCUT2D eigenvalue weighted by molar-refractivity contribution is 7.17. The van der Waals surface area contributed by atoms with Crippen LogP contribution in [-0.4, -0.2) is 31.4 Å². The second kappa shape index (κ2) is 6.75. The summed E-state index contributed by atoms with van der Waals surface area (Å²) in [6, 6.07) is 10.2. The number of aryl methyl sites for hydroxylation is 2. The third kappa shape index (κ3) is 3.43. The first-order valence-electron chi connectivity index (χ1n) is 8.71. The van der Waals surface area contributed by atoms with Gasteiger partial charge < -0.3 is 10.4 Å². The number of aromatic nitrogens is 4. The molecular weight excluding hydrogens is 358 g/mol. The number of rotatable bonds is 5. The molecule has 0 fully saturated rings. The normalized spacial score (nSPS) is 13.6. The summed E-state index contributed by atoms with van der Waals surface area (Å²) >= 11 is 1.60. The number of nitrogens with one attached hydrogen (secondary N) is 1. The molecule has 0 amide bonds. The first-order valence-corrected chi connectivity index (χ1v) is 9.58. The van der Waals surface area contributed by atoms with E-state index in [4.69, 9.17) is 0 Å². The smallest absolute Gasteiger partial charge is 0.139 e. The van der Waals surface area contributed by atoms with Crippen LogP contribution in [-0.2, 0) is 12.6 Å². The molecule has 1 aromatic carbocycles. The first-order chi connectivity index (χ1) is 12.9. The van der Waals surface area contributed by atoms with E-state index in [-0.39, 0.29) is 0 Å². The topological polar surface area (TPSA) is 75.9 Å². The molecule has 6 nitrogen and oxygen atoms in total. The second-order valence-corrected chi connectivity index (χ2v) is 7.70. The summed E-state index contributed by atoms with van der Waals surface area (Å²) < 4.78 is 1.68. The molecule has 0 spiro atoms. The molecule has 0 aliphatic heterocycles. The number of hydrogen-bond donors (Lipinski definition) is 2. The average molecular weight is 379 g/mol. The van der Waals surface area contributed by atoms with Crippen LogP contribution in [0.4, 0.5) is 5.82 Å². The van der Waals surface area contributed by atoms with E-state index < -0.39 is 5.60 Å². The van der Waals surface area contributed by atoms with E-state index in [0.717, 1.165) is 32.7 Å². The van der Waals surface area contributed by atoms with Crippen LogP contribution in [0.3, 0.4) is 0 Å². The number of hydrogen-bond acceptors (Lipinski definition) is 6. The van der Waals surface area contributed by atoms with Gasteiger partial charge in [-0.3, -0.25) is 4.68 Å². The van der Waals surface area contributed by atoms with Crippen molar-refractivity contribution in [2.75, 3.05) is 11.9 Å². The quantitative estimate of drug-likeness (QED) is 0.553. The molecule has 3 aromatic heterocycles. The van der Waals surface area contributed by atoms with Gasteiger partial charge in [0.15, 0.2) is 0 Å². The molecule has 0 saturated carbocycles. The monoisotopic (exact) mass is 379 g/mol. The Morgan fingerprint density at radius 3 is 2.70 bits per heavy atom. The SMILES string of the molecule is Cc1nc(NC[C@@](C)(O)c2cnn(C)c2)c2c(-c3ccccc3)csc2n1. The van der Waals surface area contributed by atoms with Gasteiger partial charge in [-0.1, -0.05) is 30.3 Å². The van der Waals surface area contributed by atoms with Gasteiger partial charge in [-0.15, -0.1) is 11.3 Å². The predicted octanol–water partition coefficient (Wildman–Crippen LogP) is 3.72. The molecule has 0 aliphatic carbocycles. The Balaban J connectivity index is 1.72. The van der Waals surface area contributed by atoms with Crippen molar-refractivity contribution in [2.24, 2.45) is 7.05 Å². The summed E-state index contributed by atoms with van der Waals surface area (Å²) in [6.07, 6.45) is 3.50. The minimum atomic E-state index is -1.07. The first kappa shape index (κ1) is 17.6. The Hall–Kier alpha value is -2.77. The Bertz CT molecular complexity index is 1080. The fourth-order valence-corrected chi connectivity index (χ4v) is 4.06. The van der Waals surface area contributed by atoms with Gasteiger partial charge in [-0.25, -0.2) is 9.97 Å². The number of fused-ring (bicyclic) bond motifs is 1. The van der Waals surface area contributed by atoms with Crippen LogP contribution < -0.4 is 5.32 Å². The molecule has 0 unspecified atom stereocenters. The van der Waals surface area contributed by atoms with Crippen molar-refractivity contribution in [3.05, 3.63) is 59.5 Å². The summed E-state index contributed by atoms with van der Waals surface area (Å²) in [5.74, 6) is 1.44. The van der Waals surface area contributed by atoms with Crippen molar-refractivity contribution in [1.82, 2.24) is 19.7 Å². The Morgan fingerprint density at radius 2 is 2.00 bits per heavy atom. The van der Waals surface area contributed by atoms with Crippen molar-refractivity contribution in [1.29, 1.82) is 0 Å². The third-order valence-electron chi connectivity index (χ3n) is 4.56. The zero-order valence-corrected chi connectivity index (χ0v) is 16.3. The molecule has 1 atom stereocenters. The molecule has 4 aromatic rings. The maximum Gasteiger partial charge on any atom is 0.139 e. The Morgan fingerprint density at radius 1 is 1.22 bits per heavy atom. The number of benzene rings is 1. The molecule has 7 heteroatoms. The molecule has 0 saturated heterocycles. The minimum Gasteiger partial charge on any atom is -0.383 e. The molecular formula is C20H21N5OS. The number of nitrogens with zero attached hydrogens (tertiary/aromatic N) is 4. The lowest BCUT2D eigenvalue weighted by Gasteiger charge is -2.23. The summed E-state index contributed by atoms with van der Waals surface area (Å²) in [5, 5.41) is 21.5. The van der Waals surface area contributed by atoms with Crippen molar-refractivity contribution in [3.8, 4) is 11.1 Å². The minimum absolute atomic E-state index is 0.314. The maximum absolute atomic E-state index is 10.9. The lowest BCUT2D eigenvalue weighted by Crippen LogP contribution is -2.30. The molecule has 0 aliphatic rings. The average Bonchev–Trinajstić information content (AvgIpc) is 3.27. The summed E-state index contributed by atoms with van der Waals surface area (Å²) in [6.45, 7) is 3.97. The van der Waals surface area contributed by atoms with E-state index in [9.17, 15) is 5.11 Å². The van der Waals surface area contributed by atoms with E-state index in [1.165, 1.54) is 0 Å². The molecule has 138 valence electrons. The third-order valence-corrected chi connectivity index (χ3v) is 5.43. The molecule has 4 rings (SSSR count). The number of aliphatic hydroxyl groups is 1. The lowest BCUT2D eigenvalue weighted by molar-refractivity contribution is 0.0714. The van der Waals surface area contributed by atoms with Gasteiger partial charge in [0.1, 0.15) is 22.1 Å². The molecule has 3 heterocycles. The van der Waals surface area contributed by atoms with Crippen molar-refractivity contribution in [2.45, 2.75) is 19.4 Å². The Labute approximate surface area is 161 Å². The molecule has 27 heavy (non-hydrogen) atoms. The highest BCUT2D eigenvalue weighted by Gasteiger charge is 2.25. The fourth-order valence-electron chi connectivity index (χ4n) is 3.06. The number of thiophene rings is 1. The van der Waals surface area contributed by atoms with E-state index in [1.807, 2.05) is 38.4 Å². The van der Waals surface area contributed by atoms with Crippen molar-refractivity contribution < 1.29 is 5.11 Å². The summed E-state index contributed by atoms with van der Waals surface area (Å²) in [7, 11) is 1.84. The van der Waals surface area contributed by atoms with Gasteiger partial charge in [0.2, 0.25) is 0 Å². The van der Waals surface area contributed by atoms with Crippen LogP contribution >= 0.6 is 11.3 Å². The van der Waals surface area contributed by atoms with Crippen molar-refractivity contribution >= 4 is 27.4 Å². The largest absolute Gasteiger partial charge is 0.383 e. The van der Waals surface area contributed by atoms with Crippen LogP contribution in [0.25, 0.3) is 21.3 Å². The van der Waals surface area contributed by atoms with Gasteiger partial charge >= 0.3 is 0 Å². The summed E-state index contributed by atoms with van der Waals surface area (Å²) in [4.78, 5) is 10.1. The van der Waals surface area contributed by atoms with Crippen LogP contribution in [0.1, 0.15) is 18.3 Å². The molecule has 2 N–H and O–H groups in total. The van der Waals surface area contributed by atoms with E-state index in [1.54, 1.807) is 29.1 Å². The van der Waals surface area contributed by atoms with Gasteiger partial charge in [-0.2, -0.15) is 5.10 Å². The van der Waals surface area contributed by atoms with Crippen LogP contribution in [0.5, 0.6) is 0 Å². The lowest BCUT2D eigenvalue weighted by atomic mass is 9.99. The fraction of sp³-hybridized carbons (Fsp3) is 0.250. The van der Waals surface area contributed by atoms with Crippen LogP contribution in [0.2, 0.25) is 0 Å². The Kier molecular flexibility index (Phi) is 4.41. The van der Waals surface area contributed by atoms with E-state index in [0.29, 0.717) is 12.4 Å². The molecule has 0 bridgehead atoms. The molecule has 0 radical (unpaired) electrons. The van der Waals surface area contributed by atoms with Gasteiger partial charge in [-0.05, 0) is 19.4 Å². The standard InChI is InChI=1S/C20H21N5OS/c1-13-23-18(21-12-20(2,26)15-9-22-25(3)10-15)17-16(11-27-19(17)24-13)14-7-5-4-6-8-14/h4-11,26H,12H2,1-3H3,(H,21,23,24)/t20-/m1/s1. The van der Waals surface area contributed by atoms with Gasteiger partial charge in [0.25, 0.3) is 0 Å². The van der Waals surface area contributed by atoms with Crippen LogP contribution in [0.15, 0.2) is 48.1 Å². The zero-order chi connectivity index (χ0) is 19.0. The number of anilines is 1. The maximum atomic E-state index is 10.9. The van der Waals surface area contributed by atoms with Gasteiger partial charge in [0.05, 0.1) is 11.6 Å². The van der Waals surface area contributed by atoms with Crippen molar-refractivity contribution in [3.63, 3.8) is 0 Å². The zero-order valence-electron chi connectivity index (χ0n) is 15.5. The predicted molar refractivity (Wildman–Crippen MR) is 109 cm³/mol. The highest BCUT2D eigenvalue weighted by Crippen LogP contribution is 2.37. The highest BCUT2D eigenvalue weighted by atomic mass is 32.1. The second-order valence-electron chi connectivity index (χ2n) is 6.85. The van der Waals surface area contributed by atoms with E-state index in [2.05, 4.69) is 37.9 Å².